The van der Waals surface area contributed by atoms with Gasteiger partial charge in [0.25, 0.3) is 0 Å². The smallest absolute Gasteiger partial charge is 0.110 e. The van der Waals surface area contributed by atoms with Crippen LogP contribution in [0, 0.1) is 0 Å². The summed E-state index contributed by atoms with van der Waals surface area (Å²) in [6.45, 7) is 0. The van der Waals surface area contributed by atoms with Crippen molar-refractivity contribution in [1.29, 1.82) is 0 Å². The molecule has 0 heterocycles. The van der Waals surface area contributed by atoms with E-state index in [2.05, 4.69) is 0 Å². The molecule has 3 unspecified atom stereocenters. The number of halogens is 12. The third kappa shape index (κ3) is 1.53. The minimum Gasteiger partial charge on any atom is -0.110 e. The Labute approximate surface area is 185 Å². The average molecular weight is 546 g/mol. The first-order chi connectivity index (χ1) is 9.60. The summed E-state index contributed by atoms with van der Waals surface area (Å²) in [5.74, 6) is 0. The summed E-state index contributed by atoms with van der Waals surface area (Å²) in [4.78, 5) is -5.61. The van der Waals surface area contributed by atoms with E-state index in [-0.39, 0.29) is 20.7 Å². The Morgan fingerprint density at radius 2 is 0.955 bits per heavy atom. The quantitative estimate of drug-likeness (QED) is 0.274. The standard InChI is InChI=1S/C10Cl12/c11-1-2(12)4(13)7(16,17)5(14)3(1)6(15)8(18,9(5,19)20)10(6,21)22. The molecule has 0 aromatic heterocycles. The summed E-state index contributed by atoms with van der Waals surface area (Å²) in [5.41, 5.74) is -0.0746. The zero-order valence-corrected chi connectivity index (χ0v) is 18.6. The second kappa shape index (κ2) is 4.86. The number of hydrogen-bond acceptors (Lipinski definition) is 0. The van der Waals surface area contributed by atoms with Crippen molar-refractivity contribution in [3.8, 4) is 0 Å². The number of rotatable bonds is 0. The molecule has 3 aliphatic carbocycles. The van der Waals surface area contributed by atoms with Gasteiger partial charge in [0.15, 0.2) is 13.0 Å². The lowest BCUT2D eigenvalue weighted by Gasteiger charge is -2.48. The molecule has 0 aromatic rings. The molecule has 22 heavy (non-hydrogen) atoms. The highest BCUT2D eigenvalue weighted by atomic mass is 35.5. The maximum Gasteiger partial charge on any atom is 0.180 e. The summed E-state index contributed by atoms with van der Waals surface area (Å²) in [6.07, 6.45) is 0. The van der Waals surface area contributed by atoms with Gasteiger partial charge in [-0.3, -0.25) is 0 Å². The van der Waals surface area contributed by atoms with Crippen LogP contribution in [0.1, 0.15) is 0 Å². The molecular weight excluding hydrogens is 546 g/mol. The second-order valence-corrected chi connectivity index (χ2v) is 11.8. The number of allylic oxidation sites excluding steroid dienone is 4. The maximum atomic E-state index is 6.61. The molecule has 124 valence electrons. The molecule has 2 fully saturated rings. The zero-order chi connectivity index (χ0) is 17.3. The van der Waals surface area contributed by atoms with E-state index in [0.717, 1.165) is 0 Å². The fourth-order valence-corrected chi connectivity index (χ4v) is 9.11. The third-order valence-electron chi connectivity index (χ3n) is 4.15. The van der Waals surface area contributed by atoms with E-state index in [1.54, 1.807) is 0 Å². The van der Waals surface area contributed by atoms with Gasteiger partial charge in [0, 0.05) is 5.57 Å². The van der Waals surface area contributed by atoms with E-state index < -0.39 is 27.6 Å². The van der Waals surface area contributed by atoms with Crippen molar-refractivity contribution in [2.45, 2.75) is 27.6 Å². The van der Waals surface area contributed by atoms with Crippen molar-refractivity contribution >= 4 is 139 Å². The van der Waals surface area contributed by atoms with E-state index in [1.807, 2.05) is 0 Å². The summed E-state index contributed by atoms with van der Waals surface area (Å²) >= 11 is 75.8. The predicted molar refractivity (Wildman–Crippen MR) is 101 cm³/mol. The molecule has 0 bridgehead atoms. The van der Waals surface area contributed by atoms with Crippen LogP contribution in [0.15, 0.2) is 20.7 Å². The molecule has 3 rings (SSSR count). The average Bonchev–Trinajstić information content (AvgIpc) is 2.69. The maximum absolute atomic E-state index is 6.61. The predicted octanol–water partition coefficient (Wildman–Crippen LogP) is 7.66. The van der Waals surface area contributed by atoms with Crippen LogP contribution in [0.5, 0.6) is 0 Å². The van der Waals surface area contributed by atoms with Gasteiger partial charge in [0.05, 0.1) is 15.1 Å². The Morgan fingerprint density at radius 1 is 0.545 bits per heavy atom. The fraction of sp³-hybridized carbons (Fsp3) is 0.600. The molecule has 2 saturated carbocycles. The van der Waals surface area contributed by atoms with E-state index in [1.165, 1.54) is 0 Å². The highest BCUT2D eigenvalue weighted by Gasteiger charge is 3.04. The molecule has 0 amide bonds. The second-order valence-electron chi connectivity index (χ2n) is 5.02. The number of alkyl halides is 9. The van der Waals surface area contributed by atoms with Gasteiger partial charge in [-0.1, -0.05) is 104 Å². The van der Waals surface area contributed by atoms with E-state index in [0.29, 0.717) is 0 Å². The molecule has 0 spiro atoms. The van der Waals surface area contributed by atoms with Crippen molar-refractivity contribution in [2.24, 2.45) is 0 Å². The monoisotopic (exact) mass is 540 g/mol. The SMILES string of the molecule is ClC1=C(Cl)C(Cl)(Cl)C2(Cl)C(=C1Cl)C1(Cl)C(Cl)(Cl)C1(Cl)C2(Cl)Cl. The van der Waals surface area contributed by atoms with Crippen LogP contribution in [0.25, 0.3) is 0 Å². The Hall–Kier alpha value is 2.96. The van der Waals surface area contributed by atoms with Gasteiger partial charge in [-0.2, -0.15) is 0 Å². The van der Waals surface area contributed by atoms with Crippen LogP contribution in [0.2, 0.25) is 0 Å². The first kappa shape index (κ1) is 19.7. The highest BCUT2D eigenvalue weighted by molar-refractivity contribution is 6.77. The van der Waals surface area contributed by atoms with Gasteiger partial charge in [-0.25, -0.2) is 0 Å². The van der Waals surface area contributed by atoms with Gasteiger partial charge < -0.3 is 0 Å². The van der Waals surface area contributed by atoms with Crippen molar-refractivity contribution in [2.75, 3.05) is 0 Å². The van der Waals surface area contributed by atoms with Crippen molar-refractivity contribution in [3.63, 3.8) is 0 Å². The fourth-order valence-electron chi connectivity index (χ4n) is 2.95. The lowest BCUT2D eigenvalue weighted by atomic mass is 9.87. The van der Waals surface area contributed by atoms with Gasteiger partial charge in [-0.05, 0) is 0 Å². The highest BCUT2D eigenvalue weighted by Crippen LogP contribution is 2.92. The Bertz CT molecular complexity index is 673. The minimum atomic E-state index is -2.13. The lowest BCUT2D eigenvalue weighted by molar-refractivity contribution is 0.550. The third-order valence-corrected chi connectivity index (χ3v) is 12.4. The molecule has 0 nitrogen and oxygen atoms in total. The molecule has 0 N–H and O–H groups in total. The molecule has 12 heteroatoms. The number of fused-ring (bicyclic) bond motifs is 3. The van der Waals surface area contributed by atoms with Gasteiger partial charge in [0.2, 0.25) is 0 Å². The first-order valence-corrected chi connectivity index (χ1v) is 9.80. The van der Waals surface area contributed by atoms with Gasteiger partial charge in [0.1, 0.15) is 14.6 Å². The molecule has 0 aromatic carbocycles. The normalized spacial score (nSPS) is 47.5. The Balaban J connectivity index is 2.48. The molecule has 0 radical (unpaired) electrons. The molecular formula is C10Cl12. The number of hydrogen-bond donors (Lipinski definition) is 0. The van der Waals surface area contributed by atoms with Crippen LogP contribution in [-0.4, -0.2) is 27.6 Å². The van der Waals surface area contributed by atoms with Crippen molar-refractivity contribution in [3.05, 3.63) is 20.7 Å². The first-order valence-electron chi connectivity index (χ1n) is 5.27. The van der Waals surface area contributed by atoms with Crippen LogP contribution in [0.4, 0.5) is 0 Å². The lowest BCUT2D eigenvalue weighted by Crippen LogP contribution is -2.60. The summed E-state index contributed by atoms with van der Waals surface area (Å²) in [5, 5.41) is -0.616. The van der Waals surface area contributed by atoms with Gasteiger partial charge >= 0.3 is 0 Å². The summed E-state index contributed by atoms with van der Waals surface area (Å²) < 4.78 is -6.01. The van der Waals surface area contributed by atoms with E-state index in [9.17, 15) is 0 Å². The van der Waals surface area contributed by atoms with Crippen molar-refractivity contribution in [1.82, 2.24) is 0 Å². The Morgan fingerprint density at radius 3 is 1.41 bits per heavy atom. The Kier molecular flexibility index (Phi) is 4.36. The van der Waals surface area contributed by atoms with Crippen LogP contribution in [-0.2, 0) is 0 Å². The topological polar surface area (TPSA) is 0 Å². The molecule has 0 saturated heterocycles. The molecule has 0 aliphatic heterocycles. The molecule has 3 atom stereocenters. The van der Waals surface area contributed by atoms with Crippen LogP contribution < -0.4 is 0 Å². The van der Waals surface area contributed by atoms with E-state index >= 15 is 0 Å². The largest absolute Gasteiger partial charge is 0.180 e. The summed E-state index contributed by atoms with van der Waals surface area (Å²) in [7, 11) is 0. The summed E-state index contributed by atoms with van der Waals surface area (Å²) in [6, 6.07) is 0. The van der Waals surface area contributed by atoms with Crippen LogP contribution in [0.3, 0.4) is 0 Å². The van der Waals surface area contributed by atoms with Crippen LogP contribution >= 0.6 is 139 Å². The van der Waals surface area contributed by atoms with Crippen molar-refractivity contribution < 1.29 is 0 Å². The minimum absolute atomic E-state index is 0.0746. The van der Waals surface area contributed by atoms with Gasteiger partial charge in [-0.15, -0.1) is 34.8 Å². The van der Waals surface area contributed by atoms with E-state index in [4.69, 9.17) is 139 Å². The molecule has 3 aliphatic rings. The zero-order valence-electron chi connectivity index (χ0n) is 9.54.